The van der Waals surface area contributed by atoms with Crippen molar-refractivity contribution >= 4 is 21.6 Å². The summed E-state index contributed by atoms with van der Waals surface area (Å²) in [5.74, 6) is 0.351. The predicted octanol–water partition coefficient (Wildman–Crippen LogP) is 2.72. The number of sulfonamides is 1. The number of ether oxygens (including phenoxy) is 1. The second-order valence-electron chi connectivity index (χ2n) is 7.06. The van der Waals surface area contributed by atoms with E-state index in [4.69, 9.17) is 4.74 Å². The molecule has 1 N–H and O–H groups in total. The van der Waals surface area contributed by atoms with Gasteiger partial charge in [0.15, 0.2) is 6.10 Å². The zero-order valence-electron chi connectivity index (χ0n) is 15.7. The maximum Gasteiger partial charge on any atom is 0.264 e. The van der Waals surface area contributed by atoms with Crippen molar-refractivity contribution in [1.29, 1.82) is 0 Å². The van der Waals surface area contributed by atoms with Crippen LogP contribution in [0.15, 0.2) is 53.4 Å². The lowest BCUT2D eigenvalue weighted by molar-refractivity contribution is -0.127. The van der Waals surface area contributed by atoms with Gasteiger partial charge >= 0.3 is 0 Å². The highest BCUT2D eigenvalue weighted by Crippen LogP contribution is 2.36. The van der Waals surface area contributed by atoms with Gasteiger partial charge in [-0.2, -0.15) is 0 Å². The van der Waals surface area contributed by atoms with Crippen LogP contribution in [0, 0.1) is 12.8 Å². The summed E-state index contributed by atoms with van der Waals surface area (Å²) in [6.45, 7) is 6.31. The highest BCUT2D eigenvalue weighted by Gasteiger charge is 2.37. The number of anilines is 1. The SMILES string of the molecule is Cc1ccc(S(=O)(=O)N2C[C@H](C(=O)NCC(C)C)Oc3ccccc32)cc1. The van der Waals surface area contributed by atoms with Gasteiger partial charge < -0.3 is 10.1 Å². The lowest BCUT2D eigenvalue weighted by Gasteiger charge is -2.34. The maximum atomic E-state index is 13.2. The molecule has 2 aromatic carbocycles. The third-order valence-electron chi connectivity index (χ3n) is 4.32. The highest BCUT2D eigenvalue weighted by atomic mass is 32.2. The van der Waals surface area contributed by atoms with Crippen LogP contribution in [0.4, 0.5) is 5.69 Å². The Morgan fingerprint density at radius 3 is 2.52 bits per heavy atom. The molecule has 1 aliphatic heterocycles. The highest BCUT2D eigenvalue weighted by molar-refractivity contribution is 7.92. The zero-order valence-corrected chi connectivity index (χ0v) is 16.5. The van der Waals surface area contributed by atoms with Crippen molar-refractivity contribution < 1.29 is 17.9 Å². The number of carbonyl (C=O) groups excluding carboxylic acids is 1. The van der Waals surface area contributed by atoms with Crippen LogP contribution >= 0.6 is 0 Å². The summed E-state index contributed by atoms with van der Waals surface area (Å²) >= 11 is 0. The number of carbonyl (C=O) groups is 1. The molecule has 1 amide bonds. The summed E-state index contributed by atoms with van der Waals surface area (Å²) in [7, 11) is -3.82. The minimum Gasteiger partial charge on any atom is -0.476 e. The summed E-state index contributed by atoms with van der Waals surface area (Å²) in [5, 5.41) is 2.82. The molecule has 0 spiro atoms. The second-order valence-corrected chi connectivity index (χ2v) is 8.92. The molecule has 0 radical (unpaired) electrons. The Morgan fingerprint density at radius 1 is 1.19 bits per heavy atom. The third-order valence-corrected chi connectivity index (χ3v) is 6.11. The molecule has 144 valence electrons. The molecule has 0 aliphatic carbocycles. The minimum atomic E-state index is -3.82. The van der Waals surface area contributed by atoms with Gasteiger partial charge in [-0.25, -0.2) is 8.42 Å². The maximum absolute atomic E-state index is 13.2. The topological polar surface area (TPSA) is 75.7 Å². The van der Waals surface area contributed by atoms with Gasteiger partial charge in [0.2, 0.25) is 0 Å². The number of nitrogens with one attached hydrogen (secondary N) is 1. The van der Waals surface area contributed by atoms with Crippen LogP contribution in [-0.4, -0.2) is 33.5 Å². The van der Waals surface area contributed by atoms with Crippen LogP contribution in [-0.2, 0) is 14.8 Å². The monoisotopic (exact) mass is 388 g/mol. The van der Waals surface area contributed by atoms with E-state index in [2.05, 4.69) is 5.32 Å². The van der Waals surface area contributed by atoms with Gasteiger partial charge in [0.05, 0.1) is 17.1 Å². The summed E-state index contributed by atoms with van der Waals surface area (Å²) < 4.78 is 33.5. The average molecular weight is 388 g/mol. The molecule has 0 bridgehead atoms. The molecule has 1 aliphatic rings. The van der Waals surface area contributed by atoms with Crippen molar-refractivity contribution in [3.63, 3.8) is 0 Å². The molecule has 0 saturated carbocycles. The summed E-state index contributed by atoms with van der Waals surface area (Å²) in [5.41, 5.74) is 1.41. The first-order valence-corrected chi connectivity index (χ1v) is 10.4. The van der Waals surface area contributed by atoms with Crippen molar-refractivity contribution in [3.05, 3.63) is 54.1 Å². The molecular formula is C20H24N2O4S. The van der Waals surface area contributed by atoms with Gasteiger partial charge in [0.25, 0.3) is 15.9 Å². The van der Waals surface area contributed by atoms with E-state index in [1.54, 1.807) is 48.5 Å². The van der Waals surface area contributed by atoms with Gasteiger partial charge in [-0.05, 0) is 37.1 Å². The van der Waals surface area contributed by atoms with E-state index in [9.17, 15) is 13.2 Å². The lowest BCUT2D eigenvalue weighted by atomic mass is 10.2. The average Bonchev–Trinajstić information content (AvgIpc) is 2.65. The smallest absolute Gasteiger partial charge is 0.264 e. The molecule has 0 saturated heterocycles. The number of aryl methyl sites for hydroxylation is 1. The van der Waals surface area contributed by atoms with E-state index in [0.29, 0.717) is 18.0 Å². The Kier molecular flexibility index (Phi) is 5.41. The van der Waals surface area contributed by atoms with Crippen molar-refractivity contribution in [3.8, 4) is 5.75 Å². The van der Waals surface area contributed by atoms with Crippen LogP contribution in [0.5, 0.6) is 5.75 Å². The van der Waals surface area contributed by atoms with Crippen LogP contribution in [0.3, 0.4) is 0 Å². The van der Waals surface area contributed by atoms with Gasteiger partial charge in [-0.3, -0.25) is 9.10 Å². The number of amides is 1. The molecule has 1 atom stereocenters. The van der Waals surface area contributed by atoms with E-state index in [1.165, 1.54) is 4.31 Å². The fraction of sp³-hybridized carbons (Fsp3) is 0.350. The van der Waals surface area contributed by atoms with Gasteiger partial charge in [0, 0.05) is 6.54 Å². The molecule has 1 heterocycles. The standard InChI is InChI=1S/C20H24N2O4S/c1-14(2)12-21-20(23)19-13-22(17-6-4-5-7-18(17)26-19)27(24,25)16-10-8-15(3)9-11-16/h4-11,14,19H,12-13H2,1-3H3,(H,21,23)/t19-/m1/s1. The molecule has 6 nitrogen and oxygen atoms in total. The normalized spacial score (nSPS) is 16.6. The number of hydrogen-bond donors (Lipinski definition) is 1. The van der Waals surface area contributed by atoms with E-state index in [1.807, 2.05) is 20.8 Å². The molecule has 0 aromatic heterocycles. The first-order chi connectivity index (χ1) is 12.8. The van der Waals surface area contributed by atoms with E-state index in [-0.39, 0.29) is 23.3 Å². The van der Waals surface area contributed by atoms with Gasteiger partial charge in [-0.1, -0.05) is 43.7 Å². The number of benzene rings is 2. The van der Waals surface area contributed by atoms with Gasteiger partial charge in [0.1, 0.15) is 5.75 Å². The largest absolute Gasteiger partial charge is 0.476 e. The van der Waals surface area contributed by atoms with Crippen molar-refractivity contribution in [2.75, 3.05) is 17.4 Å². The Bertz CT molecular complexity index is 923. The number of fused-ring (bicyclic) bond motifs is 1. The van der Waals surface area contributed by atoms with Crippen LogP contribution in [0.25, 0.3) is 0 Å². The Labute approximate surface area is 160 Å². The Morgan fingerprint density at radius 2 is 1.85 bits per heavy atom. The first-order valence-electron chi connectivity index (χ1n) is 8.92. The molecule has 7 heteroatoms. The Balaban J connectivity index is 1.95. The van der Waals surface area contributed by atoms with Crippen molar-refractivity contribution in [2.24, 2.45) is 5.92 Å². The van der Waals surface area contributed by atoms with E-state index < -0.39 is 16.1 Å². The summed E-state index contributed by atoms with van der Waals surface area (Å²) in [4.78, 5) is 12.7. The van der Waals surface area contributed by atoms with Crippen LogP contribution in [0.1, 0.15) is 19.4 Å². The second kappa shape index (κ2) is 7.60. The lowest BCUT2D eigenvalue weighted by Crippen LogP contribution is -2.51. The van der Waals surface area contributed by atoms with E-state index in [0.717, 1.165) is 5.56 Å². The molecule has 3 rings (SSSR count). The number of rotatable bonds is 5. The van der Waals surface area contributed by atoms with Crippen molar-refractivity contribution in [2.45, 2.75) is 31.8 Å². The minimum absolute atomic E-state index is 0.0723. The van der Waals surface area contributed by atoms with Crippen molar-refractivity contribution in [1.82, 2.24) is 5.32 Å². The van der Waals surface area contributed by atoms with Crippen LogP contribution in [0.2, 0.25) is 0 Å². The third kappa shape index (κ3) is 4.08. The van der Waals surface area contributed by atoms with Crippen LogP contribution < -0.4 is 14.4 Å². The number of nitrogens with zero attached hydrogens (tertiary/aromatic N) is 1. The zero-order chi connectivity index (χ0) is 19.6. The van der Waals surface area contributed by atoms with Gasteiger partial charge in [-0.15, -0.1) is 0 Å². The number of hydrogen-bond acceptors (Lipinski definition) is 4. The summed E-state index contributed by atoms with van der Waals surface area (Å²) in [6, 6.07) is 13.5. The molecule has 2 aromatic rings. The summed E-state index contributed by atoms with van der Waals surface area (Å²) in [6.07, 6.45) is -0.904. The molecule has 0 fully saturated rings. The first kappa shape index (κ1) is 19.2. The van der Waals surface area contributed by atoms with E-state index >= 15 is 0 Å². The quantitative estimate of drug-likeness (QED) is 0.855. The molecule has 0 unspecified atom stereocenters. The number of para-hydroxylation sites is 2. The fourth-order valence-corrected chi connectivity index (χ4v) is 4.30. The molecule has 27 heavy (non-hydrogen) atoms. The predicted molar refractivity (Wildman–Crippen MR) is 104 cm³/mol. The fourth-order valence-electron chi connectivity index (χ4n) is 2.82. The molecular weight excluding hydrogens is 364 g/mol. The Hall–Kier alpha value is -2.54.